The van der Waals surface area contributed by atoms with Gasteiger partial charge in [-0.05, 0) is 56.0 Å². The van der Waals surface area contributed by atoms with Crippen molar-refractivity contribution in [3.05, 3.63) is 48.3 Å². The Morgan fingerprint density at radius 3 is 2.81 bits per heavy atom. The molecule has 5 aliphatic rings. The number of hydrogen-bond acceptors (Lipinski definition) is 8. The predicted molar refractivity (Wildman–Crippen MR) is 158 cm³/mol. The molecule has 3 aromatic rings. The molecule has 5 aliphatic heterocycles. The molecule has 4 fully saturated rings. The molecule has 10 heteroatoms. The molecule has 0 aliphatic carbocycles. The van der Waals surface area contributed by atoms with E-state index in [1.54, 1.807) is 24.4 Å². The van der Waals surface area contributed by atoms with Crippen molar-refractivity contribution in [2.24, 2.45) is 0 Å². The first-order valence-electron chi connectivity index (χ1n) is 15.2. The Kier molecular flexibility index (Phi) is 6.08. The molecule has 2 aromatic heterocycles. The molecule has 7 heterocycles. The first-order valence-corrected chi connectivity index (χ1v) is 15.2. The zero-order valence-electron chi connectivity index (χ0n) is 24.2. The van der Waals surface area contributed by atoms with Crippen molar-refractivity contribution in [3.63, 3.8) is 0 Å². The van der Waals surface area contributed by atoms with Gasteiger partial charge >= 0.3 is 0 Å². The fourth-order valence-electron chi connectivity index (χ4n) is 8.49. The molecule has 42 heavy (non-hydrogen) atoms. The Balaban J connectivity index is 1.16. The summed E-state index contributed by atoms with van der Waals surface area (Å²) in [6.07, 6.45) is 7.22. The highest BCUT2D eigenvalue weighted by Gasteiger charge is 2.54. The van der Waals surface area contributed by atoms with Crippen LogP contribution in [0.5, 0.6) is 11.6 Å². The van der Waals surface area contributed by atoms with Crippen LogP contribution < -0.4 is 19.3 Å². The average molecular weight is 573 g/mol. The lowest BCUT2D eigenvalue weighted by molar-refractivity contribution is -0.122. The number of alkyl halides is 1. The van der Waals surface area contributed by atoms with E-state index in [9.17, 15) is 9.18 Å². The number of fused-ring (bicyclic) bond motifs is 9. The summed E-state index contributed by atoms with van der Waals surface area (Å²) in [5.41, 5.74) is 3.38. The third-order valence-corrected chi connectivity index (χ3v) is 10.5. The number of piperazine rings is 1. The summed E-state index contributed by atoms with van der Waals surface area (Å²) in [5, 5.41) is 0.977. The van der Waals surface area contributed by atoms with Crippen LogP contribution in [-0.2, 0) is 11.3 Å². The molecule has 220 valence electrons. The van der Waals surface area contributed by atoms with Crippen molar-refractivity contribution in [1.29, 1.82) is 0 Å². The molecule has 0 spiro atoms. The van der Waals surface area contributed by atoms with E-state index in [0.29, 0.717) is 37.2 Å². The number of hydrogen-bond donors (Lipinski definition) is 0. The molecule has 1 amide bonds. The van der Waals surface area contributed by atoms with Crippen molar-refractivity contribution in [2.45, 2.75) is 68.5 Å². The number of likely N-dealkylation sites (N-methyl/N-ethyl adjacent to an activating group) is 1. The fraction of sp³-hybridized carbons (Fsp3) is 0.531. The maximum atomic E-state index is 14.5. The van der Waals surface area contributed by atoms with Gasteiger partial charge in [0.15, 0.2) is 0 Å². The van der Waals surface area contributed by atoms with E-state index in [-0.39, 0.29) is 23.5 Å². The van der Waals surface area contributed by atoms with Crippen LogP contribution in [0.2, 0.25) is 0 Å². The maximum absolute atomic E-state index is 14.5. The summed E-state index contributed by atoms with van der Waals surface area (Å²) in [4.78, 5) is 32.4. The van der Waals surface area contributed by atoms with Gasteiger partial charge < -0.3 is 19.3 Å². The molecule has 2 bridgehead atoms. The minimum absolute atomic E-state index is 0.0676. The van der Waals surface area contributed by atoms with Crippen LogP contribution in [0.1, 0.15) is 37.7 Å². The fourth-order valence-corrected chi connectivity index (χ4v) is 8.49. The van der Waals surface area contributed by atoms with Gasteiger partial charge in [-0.1, -0.05) is 12.1 Å². The van der Waals surface area contributed by atoms with Crippen LogP contribution in [0.15, 0.2) is 42.7 Å². The van der Waals surface area contributed by atoms with Gasteiger partial charge in [-0.15, -0.1) is 0 Å². The Labute approximate surface area is 245 Å². The van der Waals surface area contributed by atoms with E-state index in [0.717, 1.165) is 67.7 Å². The van der Waals surface area contributed by atoms with Crippen molar-refractivity contribution in [2.75, 3.05) is 50.2 Å². The largest absolute Gasteiger partial charge is 0.497 e. The first-order chi connectivity index (χ1) is 20.5. The van der Waals surface area contributed by atoms with Gasteiger partial charge in [0.1, 0.15) is 30.3 Å². The monoisotopic (exact) mass is 572 g/mol. The number of amides is 1. The second-order valence-corrected chi connectivity index (χ2v) is 12.7. The number of anilines is 2. The Morgan fingerprint density at radius 2 is 1.98 bits per heavy atom. The van der Waals surface area contributed by atoms with Crippen LogP contribution >= 0.6 is 0 Å². The highest BCUT2D eigenvalue weighted by atomic mass is 19.1. The summed E-state index contributed by atoms with van der Waals surface area (Å²) in [6.45, 7) is 3.30. The standard InChI is InChI=1S/C32H37FN6O3/c1-36-29-27(24-10-12-34-15-25(24)35-30(29)42-19-32-11-3-13-37(32)17-21(33)14-32)39-18-22-6-9-26(28(39)31(36)40)38(22)16-20-4-7-23(41-2)8-5-20/h4-5,7-8,10,12,15,21-22,26,28H,3,6,9,11,13-14,16-19H2,1-2H3/t21-,22?,26?,28?,32+/m1/s1. The molecule has 8 rings (SSSR count). The number of rotatable bonds is 6. The smallest absolute Gasteiger partial charge is 0.251 e. The van der Waals surface area contributed by atoms with E-state index in [4.69, 9.17) is 14.5 Å². The van der Waals surface area contributed by atoms with Crippen LogP contribution in [0.3, 0.4) is 0 Å². The Morgan fingerprint density at radius 1 is 1.12 bits per heavy atom. The van der Waals surface area contributed by atoms with Crippen molar-refractivity contribution < 1.29 is 18.7 Å². The Bertz CT molecular complexity index is 1540. The van der Waals surface area contributed by atoms with Crippen LogP contribution in [0.4, 0.5) is 15.8 Å². The number of benzene rings is 1. The number of methoxy groups -OCH3 is 1. The lowest BCUT2D eigenvalue weighted by Gasteiger charge is -2.51. The maximum Gasteiger partial charge on any atom is 0.251 e. The summed E-state index contributed by atoms with van der Waals surface area (Å²) in [6, 6.07) is 10.4. The second-order valence-electron chi connectivity index (χ2n) is 12.7. The van der Waals surface area contributed by atoms with E-state index in [1.807, 2.05) is 25.2 Å². The van der Waals surface area contributed by atoms with E-state index in [2.05, 4.69) is 31.8 Å². The third-order valence-electron chi connectivity index (χ3n) is 10.5. The summed E-state index contributed by atoms with van der Waals surface area (Å²) < 4.78 is 26.4. The predicted octanol–water partition coefficient (Wildman–Crippen LogP) is 3.79. The minimum Gasteiger partial charge on any atom is -0.497 e. The van der Waals surface area contributed by atoms with E-state index in [1.165, 1.54) is 5.56 Å². The molecule has 0 saturated carbocycles. The molecule has 5 atom stereocenters. The van der Waals surface area contributed by atoms with Gasteiger partial charge in [-0.25, -0.2) is 9.37 Å². The van der Waals surface area contributed by atoms with E-state index < -0.39 is 6.17 Å². The van der Waals surface area contributed by atoms with Gasteiger partial charge in [-0.3, -0.25) is 19.6 Å². The summed E-state index contributed by atoms with van der Waals surface area (Å²) in [5.74, 6) is 1.35. The molecule has 1 aromatic carbocycles. The third kappa shape index (κ3) is 3.91. The topological polar surface area (TPSA) is 74.3 Å². The number of nitrogens with zero attached hydrogens (tertiary/aromatic N) is 6. The van der Waals surface area contributed by atoms with Gasteiger partial charge in [0.2, 0.25) is 5.88 Å². The molecular formula is C32H37FN6O3. The van der Waals surface area contributed by atoms with Gasteiger partial charge in [-0.2, -0.15) is 0 Å². The van der Waals surface area contributed by atoms with Crippen molar-refractivity contribution in [3.8, 4) is 11.6 Å². The Hall–Kier alpha value is -3.50. The molecule has 0 radical (unpaired) electrons. The zero-order valence-corrected chi connectivity index (χ0v) is 24.2. The number of carbonyl (C=O) groups is 1. The lowest BCUT2D eigenvalue weighted by atomic mass is 9.94. The number of pyridine rings is 2. The zero-order chi connectivity index (χ0) is 28.6. The van der Waals surface area contributed by atoms with Crippen LogP contribution in [0, 0.1) is 0 Å². The number of carbonyl (C=O) groups excluding carboxylic acids is 1. The quantitative estimate of drug-likeness (QED) is 0.442. The van der Waals surface area contributed by atoms with E-state index >= 15 is 0 Å². The van der Waals surface area contributed by atoms with Crippen LogP contribution in [-0.4, -0.2) is 95.9 Å². The average Bonchev–Trinajstić information content (AvgIpc) is 3.61. The highest BCUT2D eigenvalue weighted by molar-refractivity contribution is 6.13. The van der Waals surface area contributed by atoms with Crippen molar-refractivity contribution in [1.82, 2.24) is 19.8 Å². The summed E-state index contributed by atoms with van der Waals surface area (Å²) >= 11 is 0. The number of aromatic nitrogens is 2. The molecule has 0 N–H and O–H groups in total. The summed E-state index contributed by atoms with van der Waals surface area (Å²) in [7, 11) is 3.53. The molecular weight excluding hydrogens is 535 g/mol. The van der Waals surface area contributed by atoms with Crippen LogP contribution in [0.25, 0.3) is 10.9 Å². The molecule has 4 saturated heterocycles. The lowest BCUT2D eigenvalue weighted by Crippen LogP contribution is -2.66. The number of halogens is 1. The molecule has 3 unspecified atom stereocenters. The normalized spacial score (nSPS) is 30.5. The van der Waals surface area contributed by atoms with Crippen molar-refractivity contribution >= 4 is 28.2 Å². The first kappa shape index (κ1) is 26.2. The van der Waals surface area contributed by atoms with Gasteiger partial charge in [0.25, 0.3) is 5.91 Å². The second kappa shape index (κ2) is 9.77. The SMILES string of the molecule is COc1ccc(CN2C3CCC2C2C(=O)N(C)c4c(OC[C@@]56CCCN5C[C@H](F)C6)nc5cnccc5c4N2C3)cc1. The van der Waals surface area contributed by atoms with Gasteiger partial charge in [0.05, 0.1) is 30.0 Å². The number of ether oxygens (including phenoxy) is 2. The minimum atomic E-state index is -0.828. The van der Waals surface area contributed by atoms with Gasteiger partial charge in [0, 0.05) is 56.8 Å². The highest BCUT2D eigenvalue weighted by Crippen LogP contribution is 2.51. The molecule has 9 nitrogen and oxygen atoms in total.